The van der Waals surface area contributed by atoms with E-state index in [2.05, 4.69) is 15.2 Å². The molecule has 5 heteroatoms. The summed E-state index contributed by atoms with van der Waals surface area (Å²) in [5, 5.41) is 3.20. The van der Waals surface area contributed by atoms with E-state index in [9.17, 15) is 0 Å². The van der Waals surface area contributed by atoms with Crippen molar-refractivity contribution >= 4 is 5.82 Å². The van der Waals surface area contributed by atoms with Crippen molar-refractivity contribution in [2.75, 3.05) is 44.9 Å². The number of nitrogens with zero attached hydrogens (tertiary/aromatic N) is 2. The van der Waals surface area contributed by atoms with Crippen LogP contribution in [0.25, 0.3) is 0 Å². The minimum Gasteiger partial charge on any atom is -0.478 e. The van der Waals surface area contributed by atoms with Crippen molar-refractivity contribution < 1.29 is 9.47 Å². The quantitative estimate of drug-likeness (QED) is 0.842. The van der Waals surface area contributed by atoms with Crippen molar-refractivity contribution in [3.05, 3.63) is 18.2 Å². The Morgan fingerprint density at radius 2 is 2.44 bits per heavy atom. The monoisotopic (exact) mass is 251 g/mol. The lowest BCUT2D eigenvalue weighted by Gasteiger charge is -2.36. The first-order chi connectivity index (χ1) is 8.85. The summed E-state index contributed by atoms with van der Waals surface area (Å²) in [6, 6.07) is 6.23. The number of hydrogen-bond acceptors (Lipinski definition) is 5. The maximum absolute atomic E-state index is 5.52. The number of likely N-dealkylation sites (N-methyl/N-ethyl adjacent to an activating group) is 1. The standard InChI is InChI=1S/C13H21N3O2/c1-3-18-13-6-4-5-12(15-13)16-7-8-17-10-11(16)9-14-2/h4-6,11,14H,3,7-10H2,1-2H3. The lowest BCUT2D eigenvalue weighted by atomic mass is 10.2. The van der Waals surface area contributed by atoms with E-state index in [4.69, 9.17) is 9.47 Å². The molecule has 0 amide bonds. The molecule has 0 radical (unpaired) electrons. The zero-order valence-corrected chi connectivity index (χ0v) is 11.1. The highest BCUT2D eigenvalue weighted by molar-refractivity contribution is 5.42. The molecule has 0 aromatic carbocycles. The van der Waals surface area contributed by atoms with Gasteiger partial charge >= 0.3 is 0 Å². The van der Waals surface area contributed by atoms with Crippen molar-refractivity contribution in [3.8, 4) is 5.88 Å². The Hall–Kier alpha value is -1.33. The fourth-order valence-corrected chi connectivity index (χ4v) is 2.15. The molecule has 0 aliphatic carbocycles. The van der Waals surface area contributed by atoms with E-state index < -0.39 is 0 Å². The second-order valence-corrected chi connectivity index (χ2v) is 4.25. The molecular weight excluding hydrogens is 230 g/mol. The fourth-order valence-electron chi connectivity index (χ4n) is 2.15. The summed E-state index contributed by atoms with van der Waals surface area (Å²) in [5.41, 5.74) is 0. The van der Waals surface area contributed by atoms with Gasteiger partial charge in [0.2, 0.25) is 5.88 Å². The molecule has 1 aromatic rings. The second kappa shape index (κ2) is 6.56. The SMILES string of the molecule is CCOc1cccc(N2CCOCC2CNC)n1. The third kappa shape index (κ3) is 3.11. The first-order valence-electron chi connectivity index (χ1n) is 6.44. The molecule has 1 N–H and O–H groups in total. The molecule has 2 rings (SSSR count). The molecule has 1 fully saturated rings. The Morgan fingerprint density at radius 3 is 3.22 bits per heavy atom. The number of hydrogen-bond donors (Lipinski definition) is 1. The van der Waals surface area contributed by atoms with Crippen LogP contribution in [0.2, 0.25) is 0 Å². The molecule has 1 unspecified atom stereocenters. The molecule has 5 nitrogen and oxygen atoms in total. The second-order valence-electron chi connectivity index (χ2n) is 4.25. The van der Waals surface area contributed by atoms with Gasteiger partial charge in [-0.2, -0.15) is 4.98 Å². The largest absolute Gasteiger partial charge is 0.478 e. The fraction of sp³-hybridized carbons (Fsp3) is 0.615. The van der Waals surface area contributed by atoms with Crippen LogP contribution in [-0.2, 0) is 4.74 Å². The van der Waals surface area contributed by atoms with Crippen LogP contribution in [0.3, 0.4) is 0 Å². The summed E-state index contributed by atoms with van der Waals surface area (Å²) in [4.78, 5) is 6.82. The zero-order chi connectivity index (χ0) is 12.8. The predicted octanol–water partition coefficient (Wildman–Crippen LogP) is 0.905. The highest BCUT2D eigenvalue weighted by Gasteiger charge is 2.23. The lowest BCUT2D eigenvalue weighted by Crippen LogP contribution is -2.50. The van der Waals surface area contributed by atoms with E-state index >= 15 is 0 Å². The van der Waals surface area contributed by atoms with Gasteiger partial charge in [0.15, 0.2) is 0 Å². The van der Waals surface area contributed by atoms with Gasteiger partial charge in [-0.1, -0.05) is 6.07 Å². The van der Waals surface area contributed by atoms with Gasteiger partial charge in [-0.3, -0.25) is 0 Å². The average molecular weight is 251 g/mol. The van der Waals surface area contributed by atoms with E-state index in [0.717, 1.165) is 32.1 Å². The Labute approximate surface area is 108 Å². The molecule has 1 saturated heterocycles. The normalized spacial score (nSPS) is 19.9. The number of anilines is 1. The molecule has 1 atom stereocenters. The highest BCUT2D eigenvalue weighted by Crippen LogP contribution is 2.20. The number of ether oxygens (including phenoxy) is 2. The third-order valence-electron chi connectivity index (χ3n) is 2.96. The number of rotatable bonds is 5. The van der Waals surface area contributed by atoms with E-state index in [1.165, 1.54) is 0 Å². The molecule has 0 saturated carbocycles. The Bertz CT molecular complexity index is 371. The van der Waals surface area contributed by atoms with Crippen molar-refractivity contribution in [2.45, 2.75) is 13.0 Å². The molecule has 100 valence electrons. The molecule has 0 spiro atoms. The van der Waals surface area contributed by atoms with Gasteiger partial charge < -0.3 is 19.7 Å². The van der Waals surface area contributed by atoms with E-state index in [1.54, 1.807) is 0 Å². The number of aromatic nitrogens is 1. The summed E-state index contributed by atoms with van der Waals surface area (Å²) in [6.07, 6.45) is 0. The summed E-state index contributed by atoms with van der Waals surface area (Å²) in [7, 11) is 1.96. The smallest absolute Gasteiger partial charge is 0.215 e. The first-order valence-corrected chi connectivity index (χ1v) is 6.44. The predicted molar refractivity (Wildman–Crippen MR) is 71.3 cm³/mol. The third-order valence-corrected chi connectivity index (χ3v) is 2.96. The summed E-state index contributed by atoms with van der Waals surface area (Å²) >= 11 is 0. The number of nitrogens with one attached hydrogen (secondary N) is 1. The molecule has 1 aliphatic heterocycles. The number of morpholine rings is 1. The van der Waals surface area contributed by atoms with Gasteiger partial charge in [0, 0.05) is 19.2 Å². The average Bonchev–Trinajstić information content (AvgIpc) is 2.40. The first kappa shape index (κ1) is 13.1. The molecule has 1 aliphatic rings. The minimum atomic E-state index is 0.327. The van der Waals surface area contributed by atoms with E-state index in [-0.39, 0.29) is 0 Å². The zero-order valence-electron chi connectivity index (χ0n) is 11.1. The summed E-state index contributed by atoms with van der Waals surface area (Å²) in [6.45, 7) is 5.85. The van der Waals surface area contributed by atoms with Gasteiger partial charge in [-0.15, -0.1) is 0 Å². The summed E-state index contributed by atoms with van der Waals surface area (Å²) < 4.78 is 11.0. The van der Waals surface area contributed by atoms with Crippen LogP contribution in [-0.4, -0.2) is 51.0 Å². The van der Waals surface area contributed by atoms with Crippen molar-refractivity contribution in [1.82, 2.24) is 10.3 Å². The molecule has 0 bridgehead atoms. The number of pyridine rings is 1. The van der Waals surface area contributed by atoms with Crippen LogP contribution in [0.1, 0.15) is 6.92 Å². The van der Waals surface area contributed by atoms with Crippen LogP contribution in [0.15, 0.2) is 18.2 Å². The maximum Gasteiger partial charge on any atom is 0.215 e. The lowest BCUT2D eigenvalue weighted by molar-refractivity contribution is 0.0938. The topological polar surface area (TPSA) is 46.6 Å². The van der Waals surface area contributed by atoms with Gasteiger partial charge in [-0.25, -0.2) is 0 Å². The van der Waals surface area contributed by atoms with Crippen LogP contribution < -0.4 is 15.0 Å². The molecule has 2 heterocycles. The van der Waals surface area contributed by atoms with Crippen LogP contribution in [0.4, 0.5) is 5.82 Å². The van der Waals surface area contributed by atoms with Gasteiger partial charge in [0.1, 0.15) is 5.82 Å². The molecule has 18 heavy (non-hydrogen) atoms. The van der Waals surface area contributed by atoms with Gasteiger partial charge in [0.25, 0.3) is 0 Å². The van der Waals surface area contributed by atoms with E-state index in [1.807, 2.05) is 32.2 Å². The van der Waals surface area contributed by atoms with Gasteiger partial charge in [-0.05, 0) is 20.0 Å². The Kier molecular flexibility index (Phi) is 4.78. The molecular formula is C13H21N3O2. The highest BCUT2D eigenvalue weighted by atomic mass is 16.5. The Balaban J connectivity index is 2.14. The van der Waals surface area contributed by atoms with Gasteiger partial charge in [0.05, 0.1) is 25.9 Å². The Morgan fingerprint density at radius 1 is 1.56 bits per heavy atom. The van der Waals surface area contributed by atoms with Crippen molar-refractivity contribution in [2.24, 2.45) is 0 Å². The minimum absolute atomic E-state index is 0.327. The van der Waals surface area contributed by atoms with Crippen molar-refractivity contribution in [3.63, 3.8) is 0 Å². The molecule has 1 aromatic heterocycles. The van der Waals surface area contributed by atoms with E-state index in [0.29, 0.717) is 18.5 Å². The van der Waals surface area contributed by atoms with Crippen LogP contribution in [0, 0.1) is 0 Å². The van der Waals surface area contributed by atoms with Crippen molar-refractivity contribution in [1.29, 1.82) is 0 Å². The van der Waals surface area contributed by atoms with Crippen LogP contribution in [0.5, 0.6) is 5.88 Å². The van der Waals surface area contributed by atoms with Crippen LogP contribution >= 0.6 is 0 Å². The summed E-state index contributed by atoms with van der Waals surface area (Å²) in [5.74, 6) is 1.65. The maximum atomic E-state index is 5.52.